The van der Waals surface area contributed by atoms with E-state index in [0.717, 1.165) is 5.32 Å². The molecule has 0 aromatic carbocycles. The Morgan fingerprint density at radius 2 is 2.36 bits per heavy atom. The van der Waals surface area contributed by atoms with Crippen molar-refractivity contribution in [3.05, 3.63) is 0 Å². The number of aliphatic hydroxyl groups is 1. The molecule has 0 aromatic heterocycles. The molecule has 3 nitrogen and oxygen atoms in total. The number of carbonyl (C=O) groups excluding carboxylic acids is 1. The summed E-state index contributed by atoms with van der Waals surface area (Å²) < 4.78 is 0.170. The van der Waals surface area contributed by atoms with Crippen molar-refractivity contribution in [1.82, 2.24) is 5.32 Å². The fourth-order valence-corrected chi connectivity index (χ4v) is 2.63. The molecule has 0 bridgehead atoms. The molecule has 64 valence electrons. The second kappa shape index (κ2) is 5.78. The van der Waals surface area contributed by atoms with Gasteiger partial charge in [-0.2, -0.15) is 0 Å². The second-order valence-electron chi connectivity index (χ2n) is 2.05. The molecule has 0 aromatic rings. The van der Waals surface area contributed by atoms with E-state index < -0.39 is 0 Å². The summed E-state index contributed by atoms with van der Waals surface area (Å²) in [6.45, 7) is 1.44. The van der Waals surface area contributed by atoms with Crippen molar-refractivity contribution < 1.29 is 9.90 Å². The van der Waals surface area contributed by atoms with Crippen LogP contribution in [0.15, 0.2) is 0 Å². The average molecular weight is 287 g/mol. The third-order valence-electron chi connectivity index (χ3n) is 1.01. The summed E-state index contributed by atoms with van der Waals surface area (Å²) in [7, 11) is 0. The summed E-state index contributed by atoms with van der Waals surface area (Å²) in [5.74, 6) is 1.95. The van der Waals surface area contributed by atoms with Crippen LogP contribution in [0.3, 0.4) is 0 Å². The molecule has 0 aliphatic carbocycles. The molecule has 0 aliphatic heterocycles. The second-order valence-corrected chi connectivity index (χ2v) is 4.83. The fourth-order valence-electron chi connectivity index (χ4n) is 0.587. The molecule has 1 atom stereocenters. The molecular weight excluding hydrogens is 276 g/mol. The molecule has 0 rings (SSSR count). The zero-order valence-corrected chi connectivity index (χ0v) is 9.88. The van der Waals surface area contributed by atoms with Gasteiger partial charge in [-0.3, -0.25) is 0 Å². The summed E-state index contributed by atoms with van der Waals surface area (Å²) in [5, 5.41) is 12.5. The molecular formula is C6H11NO2Se2. The summed E-state index contributed by atoms with van der Waals surface area (Å²) >= 11 is 2.95. The van der Waals surface area contributed by atoms with Gasteiger partial charge in [-0.1, -0.05) is 0 Å². The Bertz CT molecular complexity index is 161. The number of nitrogens with one attached hydrogen (secondary N) is 1. The summed E-state index contributed by atoms with van der Waals surface area (Å²) in [6.07, 6.45) is 0. The van der Waals surface area contributed by atoms with Crippen molar-refractivity contribution in [2.45, 2.75) is 24.1 Å². The zero-order chi connectivity index (χ0) is 8.85. The van der Waals surface area contributed by atoms with Crippen LogP contribution in [0, 0.1) is 0 Å². The van der Waals surface area contributed by atoms with Gasteiger partial charge in [0.2, 0.25) is 0 Å². The van der Waals surface area contributed by atoms with E-state index in [1.54, 1.807) is 0 Å². The van der Waals surface area contributed by atoms with Gasteiger partial charge >= 0.3 is 80.4 Å². The maximum absolute atomic E-state index is 10.6. The molecule has 11 heavy (non-hydrogen) atoms. The van der Waals surface area contributed by atoms with Crippen LogP contribution >= 0.6 is 0 Å². The predicted molar refractivity (Wildman–Crippen MR) is 46.7 cm³/mol. The third kappa shape index (κ3) is 5.45. The van der Waals surface area contributed by atoms with Crippen molar-refractivity contribution in [2.24, 2.45) is 0 Å². The SMILES string of the molecule is C[Se]C[C@H](NC(C)=O)C(O)=[Se]. The molecule has 0 radical (unpaired) electrons. The van der Waals surface area contributed by atoms with Gasteiger partial charge in [-0.05, 0) is 0 Å². The van der Waals surface area contributed by atoms with Gasteiger partial charge in [-0.25, -0.2) is 0 Å². The van der Waals surface area contributed by atoms with E-state index in [2.05, 4.69) is 26.7 Å². The number of rotatable bonds is 4. The summed E-state index contributed by atoms with van der Waals surface area (Å²) in [5.41, 5.74) is 0. The number of hydrogen-bond acceptors (Lipinski definition) is 2. The summed E-state index contributed by atoms with van der Waals surface area (Å²) in [6, 6.07) is -0.197. The Morgan fingerprint density at radius 1 is 1.82 bits per heavy atom. The quantitative estimate of drug-likeness (QED) is 0.674. The van der Waals surface area contributed by atoms with Crippen LogP contribution < -0.4 is 5.32 Å². The number of amides is 1. The summed E-state index contributed by atoms with van der Waals surface area (Å²) in [4.78, 5) is 10.6. The Kier molecular flexibility index (Phi) is 5.88. The van der Waals surface area contributed by atoms with Crippen LogP contribution in [0.2, 0.25) is 11.1 Å². The van der Waals surface area contributed by atoms with Crippen molar-refractivity contribution in [1.29, 1.82) is 0 Å². The molecule has 0 spiro atoms. The standard InChI is InChI=1S/C6H11NO2Se2/c1-4(8)7-5(3-11-2)6(9)10/h5H,3H2,1-2H3,(H,7,8)(H,9,10)/t5-/m0/s1. The van der Waals surface area contributed by atoms with E-state index in [4.69, 9.17) is 5.11 Å². The van der Waals surface area contributed by atoms with Crippen molar-refractivity contribution in [3.63, 3.8) is 0 Å². The number of carbonyl (C=O) groups is 1. The van der Waals surface area contributed by atoms with E-state index in [-0.39, 0.29) is 16.6 Å². The van der Waals surface area contributed by atoms with E-state index in [1.807, 2.05) is 0 Å². The Hall–Kier alpha value is 0.179. The minimum absolute atomic E-state index is 0.110. The molecule has 0 heterocycles. The zero-order valence-electron chi connectivity index (χ0n) is 6.46. The van der Waals surface area contributed by atoms with Gasteiger partial charge in [0, 0.05) is 0 Å². The van der Waals surface area contributed by atoms with Crippen LogP contribution in [0.5, 0.6) is 0 Å². The third-order valence-corrected chi connectivity index (χ3v) is 3.00. The first kappa shape index (κ1) is 11.2. The molecule has 1 amide bonds. The van der Waals surface area contributed by atoms with Gasteiger partial charge in [0.05, 0.1) is 0 Å². The molecule has 0 fully saturated rings. The van der Waals surface area contributed by atoms with E-state index in [9.17, 15) is 4.79 Å². The first-order valence-electron chi connectivity index (χ1n) is 3.06. The van der Waals surface area contributed by atoms with Crippen molar-refractivity contribution in [3.8, 4) is 0 Å². The first-order valence-corrected chi connectivity index (χ1v) is 6.85. The van der Waals surface area contributed by atoms with Crippen LogP contribution in [0.25, 0.3) is 0 Å². The van der Waals surface area contributed by atoms with Gasteiger partial charge in [0.1, 0.15) is 0 Å². The van der Waals surface area contributed by atoms with Gasteiger partial charge in [0.25, 0.3) is 0 Å². The Balaban J connectivity index is 3.89. The Morgan fingerprint density at radius 3 is 2.64 bits per heavy atom. The van der Waals surface area contributed by atoms with Crippen molar-refractivity contribution in [2.75, 3.05) is 0 Å². The van der Waals surface area contributed by atoms with E-state index in [1.165, 1.54) is 6.92 Å². The first-order chi connectivity index (χ1) is 5.07. The molecule has 0 unspecified atom stereocenters. The number of aliphatic hydroxyl groups excluding tert-OH is 1. The van der Waals surface area contributed by atoms with Crippen LogP contribution in [0.4, 0.5) is 0 Å². The average Bonchev–Trinajstić information content (AvgIpc) is 1.86. The Labute approximate surface area is 80.4 Å². The van der Waals surface area contributed by atoms with E-state index >= 15 is 0 Å². The monoisotopic (exact) mass is 289 g/mol. The van der Waals surface area contributed by atoms with Gasteiger partial charge in [-0.15, -0.1) is 0 Å². The molecule has 2 N–H and O–H groups in total. The van der Waals surface area contributed by atoms with E-state index in [0.29, 0.717) is 15.0 Å². The van der Waals surface area contributed by atoms with Gasteiger partial charge < -0.3 is 0 Å². The van der Waals surface area contributed by atoms with Crippen LogP contribution in [0.1, 0.15) is 6.92 Å². The maximum atomic E-state index is 10.6. The molecule has 5 heteroatoms. The molecule has 0 saturated heterocycles. The topological polar surface area (TPSA) is 49.3 Å². The van der Waals surface area contributed by atoms with Crippen LogP contribution in [-0.2, 0) is 4.79 Å². The minimum atomic E-state index is -0.197. The van der Waals surface area contributed by atoms with Gasteiger partial charge in [0.15, 0.2) is 0 Å². The number of hydrogen-bond donors (Lipinski definition) is 2. The normalized spacial score (nSPS) is 12.2. The van der Waals surface area contributed by atoms with Crippen molar-refractivity contribution >= 4 is 41.0 Å². The fraction of sp³-hybridized carbons (Fsp3) is 0.667. The molecule has 0 saturated carbocycles. The van der Waals surface area contributed by atoms with Crippen LogP contribution in [-0.4, -0.2) is 52.2 Å². The molecule has 0 aliphatic rings. The predicted octanol–water partition coefficient (Wildman–Crippen LogP) is -0.667.